The molecule has 1 aliphatic rings. The summed E-state index contributed by atoms with van der Waals surface area (Å²) in [5, 5.41) is 21.8. The van der Waals surface area contributed by atoms with Gasteiger partial charge in [-0.1, -0.05) is 54.6 Å². The standard InChI is InChI=1S/C31H32N2O8/c1-19-17-33(30(37)32-28(19)36)29-27(35)26(34)25(41-29)18-40-31(20-7-5-4-6-8-20,21-9-13-23(38-2)14-10-21)22-11-15-24(39-3)16-12-22/h4-17,25-27,29,34-35H,18H2,1-3H3,(H,32,36,37)/t25-,26+,27?,29-/m1/s1. The van der Waals surface area contributed by atoms with E-state index in [2.05, 4.69) is 4.98 Å². The SMILES string of the molecule is COc1ccc(C(OC[C@H]2O[C@@H](n3cc(C)c(=O)[nH]c3=O)C(O)[C@H]2O)(c2ccccc2)c2ccc(OC)cc2)cc1. The van der Waals surface area contributed by atoms with Crippen molar-refractivity contribution in [3.63, 3.8) is 0 Å². The second kappa shape index (κ2) is 11.7. The Hall–Kier alpha value is -4.22. The first-order valence-electron chi connectivity index (χ1n) is 13.1. The summed E-state index contributed by atoms with van der Waals surface area (Å²) in [4.78, 5) is 26.6. The van der Waals surface area contributed by atoms with E-state index in [-0.39, 0.29) is 12.2 Å². The van der Waals surface area contributed by atoms with Crippen LogP contribution < -0.4 is 20.7 Å². The van der Waals surface area contributed by atoms with Crippen LogP contribution in [-0.2, 0) is 15.1 Å². The van der Waals surface area contributed by atoms with Crippen LogP contribution in [0, 0.1) is 6.92 Å². The number of hydrogen-bond acceptors (Lipinski definition) is 8. The van der Waals surface area contributed by atoms with Crippen LogP contribution in [0.15, 0.2) is 94.6 Å². The summed E-state index contributed by atoms with van der Waals surface area (Å²) in [6, 6.07) is 24.6. The Morgan fingerprint density at radius 1 is 0.829 bits per heavy atom. The van der Waals surface area contributed by atoms with Crippen molar-refractivity contribution in [1.82, 2.24) is 9.55 Å². The Bertz CT molecular complexity index is 1530. The number of rotatable bonds is 9. The molecule has 10 heteroatoms. The van der Waals surface area contributed by atoms with Gasteiger partial charge in [-0.3, -0.25) is 14.3 Å². The predicted octanol–water partition coefficient (Wildman–Crippen LogP) is 2.49. The van der Waals surface area contributed by atoms with Gasteiger partial charge in [-0.2, -0.15) is 0 Å². The number of aromatic nitrogens is 2. The highest BCUT2D eigenvalue weighted by molar-refractivity contribution is 5.49. The molecule has 4 aromatic rings. The molecule has 0 spiro atoms. The molecule has 0 amide bonds. The largest absolute Gasteiger partial charge is 0.497 e. The van der Waals surface area contributed by atoms with E-state index in [1.54, 1.807) is 14.2 Å². The number of hydrogen-bond donors (Lipinski definition) is 3. The topological polar surface area (TPSA) is 132 Å². The molecule has 4 atom stereocenters. The number of H-pyrrole nitrogens is 1. The van der Waals surface area contributed by atoms with Crippen molar-refractivity contribution in [1.29, 1.82) is 0 Å². The van der Waals surface area contributed by atoms with E-state index in [4.69, 9.17) is 18.9 Å². The number of benzene rings is 3. The van der Waals surface area contributed by atoms with Gasteiger partial charge in [0.05, 0.1) is 20.8 Å². The molecular weight excluding hydrogens is 528 g/mol. The van der Waals surface area contributed by atoms with Gasteiger partial charge in [-0.15, -0.1) is 0 Å². The van der Waals surface area contributed by atoms with Gasteiger partial charge < -0.3 is 29.2 Å². The molecule has 3 N–H and O–H groups in total. The molecule has 2 heterocycles. The number of aliphatic hydroxyl groups excluding tert-OH is 2. The molecule has 1 aromatic heterocycles. The maximum absolute atomic E-state index is 12.5. The molecule has 1 aliphatic heterocycles. The van der Waals surface area contributed by atoms with E-state index >= 15 is 0 Å². The lowest BCUT2D eigenvalue weighted by Crippen LogP contribution is -2.40. The van der Waals surface area contributed by atoms with Crippen molar-refractivity contribution in [2.45, 2.75) is 37.1 Å². The number of ether oxygens (including phenoxy) is 4. The van der Waals surface area contributed by atoms with Crippen LogP contribution in [0.1, 0.15) is 28.5 Å². The van der Waals surface area contributed by atoms with Crippen molar-refractivity contribution in [3.8, 4) is 11.5 Å². The highest BCUT2D eigenvalue weighted by atomic mass is 16.6. The minimum absolute atomic E-state index is 0.154. The molecule has 0 saturated carbocycles. The monoisotopic (exact) mass is 560 g/mol. The third kappa shape index (κ3) is 5.30. The van der Waals surface area contributed by atoms with Crippen molar-refractivity contribution >= 4 is 0 Å². The third-order valence-corrected chi connectivity index (χ3v) is 7.39. The summed E-state index contributed by atoms with van der Waals surface area (Å²) in [6.45, 7) is 1.38. The average Bonchev–Trinajstić information content (AvgIpc) is 3.29. The van der Waals surface area contributed by atoms with Gasteiger partial charge in [0.1, 0.15) is 35.4 Å². The summed E-state index contributed by atoms with van der Waals surface area (Å²) >= 11 is 0. The summed E-state index contributed by atoms with van der Waals surface area (Å²) in [7, 11) is 3.18. The average molecular weight is 561 g/mol. The van der Waals surface area contributed by atoms with Crippen molar-refractivity contribution < 1.29 is 29.2 Å². The number of nitrogens with zero attached hydrogens (tertiary/aromatic N) is 1. The molecule has 1 saturated heterocycles. The molecule has 41 heavy (non-hydrogen) atoms. The van der Waals surface area contributed by atoms with Crippen LogP contribution in [0.3, 0.4) is 0 Å². The van der Waals surface area contributed by atoms with Gasteiger partial charge in [0.25, 0.3) is 5.56 Å². The van der Waals surface area contributed by atoms with Crippen LogP contribution in [0.2, 0.25) is 0 Å². The lowest BCUT2D eigenvalue weighted by Gasteiger charge is -2.37. The van der Waals surface area contributed by atoms with Crippen molar-refractivity contribution in [2.24, 2.45) is 0 Å². The first-order chi connectivity index (χ1) is 19.8. The Morgan fingerprint density at radius 2 is 1.37 bits per heavy atom. The highest BCUT2D eigenvalue weighted by Crippen LogP contribution is 2.42. The third-order valence-electron chi connectivity index (χ3n) is 7.39. The van der Waals surface area contributed by atoms with Crippen LogP contribution in [0.4, 0.5) is 0 Å². The van der Waals surface area contributed by atoms with Crippen molar-refractivity contribution in [3.05, 3.63) is 128 Å². The lowest BCUT2D eigenvalue weighted by molar-refractivity contribution is -0.0959. The first kappa shape index (κ1) is 28.3. The number of aliphatic hydroxyl groups is 2. The smallest absolute Gasteiger partial charge is 0.330 e. The van der Waals surface area contributed by atoms with Gasteiger partial charge in [0.15, 0.2) is 6.23 Å². The molecule has 1 unspecified atom stereocenters. The zero-order valence-corrected chi connectivity index (χ0v) is 22.9. The maximum Gasteiger partial charge on any atom is 0.330 e. The summed E-state index contributed by atoms with van der Waals surface area (Å²) in [5.41, 5.74) is 0.180. The number of methoxy groups -OCH3 is 2. The first-order valence-corrected chi connectivity index (χ1v) is 13.1. The molecule has 0 bridgehead atoms. The predicted molar refractivity (Wildman–Crippen MR) is 150 cm³/mol. The summed E-state index contributed by atoms with van der Waals surface area (Å²) < 4.78 is 24.6. The second-order valence-electron chi connectivity index (χ2n) is 9.84. The zero-order chi connectivity index (χ0) is 29.1. The van der Waals surface area contributed by atoms with E-state index in [0.29, 0.717) is 11.5 Å². The number of nitrogens with one attached hydrogen (secondary N) is 1. The Morgan fingerprint density at radius 3 is 1.90 bits per heavy atom. The van der Waals surface area contributed by atoms with Gasteiger partial charge in [-0.25, -0.2) is 4.79 Å². The van der Waals surface area contributed by atoms with Crippen LogP contribution >= 0.6 is 0 Å². The fraction of sp³-hybridized carbons (Fsp3) is 0.290. The fourth-order valence-electron chi connectivity index (χ4n) is 5.15. The maximum atomic E-state index is 12.5. The molecule has 10 nitrogen and oxygen atoms in total. The highest BCUT2D eigenvalue weighted by Gasteiger charge is 2.46. The molecule has 0 aliphatic carbocycles. The van der Waals surface area contributed by atoms with Crippen LogP contribution in [0.5, 0.6) is 11.5 Å². The quantitative estimate of drug-likeness (QED) is 0.266. The van der Waals surface area contributed by atoms with E-state index in [0.717, 1.165) is 21.3 Å². The van der Waals surface area contributed by atoms with Gasteiger partial charge >= 0.3 is 5.69 Å². The van der Waals surface area contributed by atoms with Gasteiger partial charge in [0, 0.05) is 11.8 Å². The Balaban J connectivity index is 1.56. The normalized spacial score (nSPS) is 20.6. The Labute approximate surface area is 236 Å². The zero-order valence-electron chi connectivity index (χ0n) is 22.9. The van der Waals surface area contributed by atoms with Crippen LogP contribution in [0.25, 0.3) is 0 Å². The van der Waals surface area contributed by atoms with E-state index in [1.807, 2.05) is 78.9 Å². The minimum atomic E-state index is -1.44. The molecule has 3 aromatic carbocycles. The van der Waals surface area contributed by atoms with Gasteiger partial charge in [0.2, 0.25) is 0 Å². The lowest BCUT2D eigenvalue weighted by atomic mass is 9.80. The minimum Gasteiger partial charge on any atom is -0.497 e. The molecule has 0 radical (unpaired) electrons. The summed E-state index contributed by atoms with van der Waals surface area (Å²) in [6.07, 6.45) is -3.75. The number of aromatic amines is 1. The van der Waals surface area contributed by atoms with E-state index in [9.17, 15) is 19.8 Å². The van der Waals surface area contributed by atoms with Gasteiger partial charge in [-0.05, 0) is 47.9 Å². The van der Waals surface area contributed by atoms with Crippen LogP contribution in [-0.4, -0.2) is 58.9 Å². The van der Waals surface area contributed by atoms with E-state index in [1.165, 1.54) is 13.1 Å². The van der Waals surface area contributed by atoms with E-state index < -0.39 is 41.4 Å². The fourth-order valence-corrected chi connectivity index (χ4v) is 5.15. The molecule has 1 fully saturated rings. The molecule has 5 rings (SSSR count). The number of aryl methyl sites for hydroxylation is 1. The molecular formula is C31H32N2O8. The Kier molecular flexibility index (Phi) is 8.09. The summed E-state index contributed by atoms with van der Waals surface area (Å²) in [5.74, 6) is 1.35. The second-order valence-corrected chi connectivity index (χ2v) is 9.84. The molecule has 214 valence electrons. The van der Waals surface area contributed by atoms with Crippen molar-refractivity contribution in [2.75, 3.05) is 20.8 Å².